The van der Waals surface area contributed by atoms with E-state index in [0.717, 1.165) is 10.0 Å². The predicted octanol–water partition coefficient (Wildman–Crippen LogP) is 3.43. The van der Waals surface area contributed by atoms with Gasteiger partial charge in [-0.25, -0.2) is 0 Å². The van der Waals surface area contributed by atoms with Crippen molar-refractivity contribution in [3.63, 3.8) is 0 Å². The third kappa shape index (κ3) is 3.82. The minimum atomic E-state index is -1.51. The van der Waals surface area contributed by atoms with E-state index in [9.17, 15) is 14.7 Å². The summed E-state index contributed by atoms with van der Waals surface area (Å²) in [6.45, 7) is 3.71. The number of benzene rings is 1. The highest BCUT2D eigenvalue weighted by Gasteiger charge is 2.46. The SMILES string of the molecule is CCCC(Cc1cccc(Br)c1)(C(=O)O)C(=O)OCC. The van der Waals surface area contributed by atoms with E-state index in [0.29, 0.717) is 6.42 Å². The average Bonchev–Trinajstić information content (AvgIpc) is 2.38. The molecule has 20 heavy (non-hydrogen) atoms. The van der Waals surface area contributed by atoms with Crippen LogP contribution >= 0.6 is 15.9 Å². The first kappa shape index (κ1) is 16.7. The number of halogens is 1. The van der Waals surface area contributed by atoms with Gasteiger partial charge in [-0.05, 0) is 37.5 Å². The molecule has 110 valence electrons. The molecule has 0 aliphatic heterocycles. The molecular weight excluding hydrogens is 324 g/mol. The molecule has 0 aliphatic rings. The van der Waals surface area contributed by atoms with Gasteiger partial charge in [0.15, 0.2) is 5.41 Å². The topological polar surface area (TPSA) is 63.6 Å². The van der Waals surface area contributed by atoms with Crippen LogP contribution in [0.25, 0.3) is 0 Å². The van der Waals surface area contributed by atoms with Crippen molar-refractivity contribution in [2.24, 2.45) is 5.41 Å². The lowest BCUT2D eigenvalue weighted by Gasteiger charge is -2.27. The van der Waals surface area contributed by atoms with Gasteiger partial charge >= 0.3 is 11.9 Å². The highest BCUT2D eigenvalue weighted by Crippen LogP contribution is 2.32. The van der Waals surface area contributed by atoms with Gasteiger partial charge in [-0.3, -0.25) is 9.59 Å². The molecule has 1 rings (SSSR count). The van der Waals surface area contributed by atoms with Gasteiger partial charge in [0.1, 0.15) is 0 Å². The lowest BCUT2D eigenvalue weighted by molar-refractivity contribution is -0.169. The van der Waals surface area contributed by atoms with Crippen LogP contribution in [0.1, 0.15) is 32.3 Å². The van der Waals surface area contributed by atoms with Gasteiger partial charge in [0.25, 0.3) is 0 Å². The summed E-state index contributed by atoms with van der Waals surface area (Å²) >= 11 is 3.35. The summed E-state index contributed by atoms with van der Waals surface area (Å²) in [5.74, 6) is -1.79. The zero-order valence-electron chi connectivity index (χ0n) is 11.7. The van der Waals surface area contributed by atoms with Gasteiger partial charge in [-0.1, -0.05) is 41.4 Å². The Balaban J connectivity index is 3.15. The smallest absolute Gasteiger partial charge is 0.323 e. The van der Waals surface area contributed by atoms with E-state index in [1.165, 1.54) is 0 Å². The van der Waals surface area contributed by atoms with Gasteiger partial charge in [0.05, 0.1) is 6.61 Å². The molecule has 1 N–H and O–H groups in total. The highest BCUT2D eigenvalue weighted by atomic mass is 79.9. The Morgan fingerprint density at radius 2 is 2.05 bits per heavy atom. The summed E-state index contributed by atoms with van der Waals surface area (Å²) < 4.78 is 5.85. The van der Waals surface area contributed by atoms with Crippen LogP contribution in [-0.4, -0.2) is 23.7 Å². The van der Waals surface area contributed by atoms with E-state index in [2.05, 4.69) is 15.9 Å². The van der Waals surface area contributed by atoms with Crippen LogP contribution in [0.15, 0.2) is 28.7 Å². The molecule has 0 aliphatic carbocycles. The predicted molar refractivity (Wildman–Crippen MR) is 79.5 cm³/mol. The summed E-state index contributed by atoms with van der Waals surface area (Å²) in [4.78, 5) is 23.9. The summed E-state index contributed by atoms with van der Waals surface area (Å²) in [5.41, 5.74) is -0.714. The fraction of sp³-hybridized carbons (Fsp3) is 0.467. The summed E-state index contributed by atoms with van der Waals surface area (Å²) in [5, 5.41) is 9.57. The van der Waals surface area contributed by atoms with Crippen LogP contribution in [0.2, 0.25) is 0 Å². The van der Waals surface area contributed by atoms with Crippen LogP contribution in [-0.2, 0) is 20.7 Å². The lowest BCUT2D eigenvalue weighted by atomic mass is 9.78. The Labute approximate surface area is 127 Å². The van der Waals surface area contributed by atoms with Crippen LogP contribution in [0.3, 0.4) is 0 Å². The molecule has 1 unspecified atom stereocenters. The van der Waals surface area contributed by atoms with E-state index in [4.69, 9.17) is 4.74 Å². The molecule has 0 radical (unpaired) electrons. The summed E-state index contributed by atoms with van der Waals surface area (Å²) in [6, 6.07) is 7.32. The fourth-order valence-corrected chi connectivity index (χ4v) is 2.67. The maximum atomic E-state index is 12.2. The average molecular weight is 343 g/mol. The molecule has 4 nitrogen and oxygen atoms in total. The molecule has 1 aromatic rings. The second kappa shape index (κ2) is 7.43. The highest BCUT2D eigenvalue weighted by molar-refractivity contribution is 9.10. The number of carboxylic acid groups (broad SMARTS) is 1. The minimum Gasteiger partial charge on any atom is -0.480 e. The molecule has 0 aromatic heterocycles. The Hall–Kier alpha value is -1.36. The molecule has 0 heterocycles. The van der Waals surface area contributed by atoms with Gasteiger partial charge in [-0.15, -0.1) is 0 Å². The van der Waals surface area contributed by atoms with Gasteiger partial charge in [0.2, 0.25) is 0 Å². The van der Waals surface area contributed by atoms with Crippen molar-refractivity contribution in [3.05, 3.63) is 34.3 Å². The molecular formula is C15H19BrO4. The van der Waals surface area contributed by atoms with Crippen LogP contribution in [0.4, 0.5) is 0 Å². The van der Waals surface area contributed by atoms with Crippen molar-refractivity contribution in [1.29, 1.82) is 0 Å². The number of carboxylic acids is 1. The quantitative estimate of drug-likeness (QED) is 0.609. The standard InChI is InChI=1S/C15H19BrO4/c1-3-8-15(13(17)18,14(19)20-4-2)10-11-6-5-7-12(16)9-11/h5-7,9H,3-4,8,10H2,1-2H3,(H,17,18). The van der Waals surface area contributed by atoms with Crippen molar-refractivity contribution in [2.75, 3.05) is 6.61 Å². The van der Waals surface area contributed by atoms with E-state index >= 15 is 0 Å². The Morgan fingerprint density at radius 1 is 1.35 bits per heavy atom. The summed E-state index contributed by atoms with van der Waals surface area (Å²) in [7, 11) is 0. The molecule has 1 aromatic carbocycles. The third-order valence-electron chi connectivity index (χ3n) is 3.15. The second-order valence-corrected chi connectivity index (χ2v) is 5.58. The second-order valence-electron chi connectivity index (χ2n) is 4.66. The third-order valence-corrected chi connectivity index (χ3v) is 3.64. The number of rotatable bonds is 7. The number of hydrogen-bond acceptors (Lipinski definition) is 3. The Kier molecular flexibility index (Phi) is 6.20. The molecule has 5 heteroatoms. The number of carbonyl (C=O) groups is 2. The first-order valence-corrected chi connectivity index (χ1v) is 7.40. The summed E-state index contributed by atoms with van der Waals surface area (Å²) in [6.07, 6.45) is 0.987. The van der Waals surface area contributed by atoms with Crippen LogP contribution < -0.4 is 0 Å². The zero-order valence-corrected chi connectivity index (χ0v) is 13.3. The minimum absolute atomic E-state index is 0.133. The number of ether oxygens (including phenoxy) is 1. The lowest BCUT2D eigenvalue weighted by Crippen LogP contribution is -2.42. The number of esters is 1. The monoisotopic (exact) mass is 342 g/mol. The van der Waals surface area contributed by atoms with Gasteiger partial charge in [-0.2, -0.15) is 0 Å². The van der Waals surface area contributed by atoms with Crippen molar-refractivity contribution < 1.29 is 19.4 Å². The van der Waals surface area contributed by atoms with Crippen LogP contribution in [0.5, 0.6) is 0 Å². The zero-order chi connectivity index (χ0) is 15.2. The first-order chi connectivity index (χ1) is 9.46. The number of aliphatic carboxylic acids is 1. The van der Waals surface area contributed by atoms with E-state index in [1.807, 2.05) is 31.2 Å². The molecule has 0 bridgehead atoms. The molecule has 0 saturated carbocycles. The largest absolute Gasteiger partial charge is 0.480 e. The maximum Gasteiger partial charge on any atom is 0.323 e. The van der Waals surface area contributed by atoms with Gasteiger partial charge in [0, 0.05) is 4.47 Å². The van der Waals surface area contributed by atoms with E-state index in [1.54, 1.807) is 6.92 Å². The van der Waals surface area contributed by atoms with Crippen molar-refractivity contribution >= 4 is 27.9 Å². The van der Waals surface area contributed by atoms with Crippen molar-refractivity contribution in [1.82, 2.24) is 0 Å². The fourth-order valence-electron chi connectivity index (χ4n) is 2.22. The van der Waals surface area contributed by atoms with Crippen molar-refractivity contribution in [3.8, 4) is 0 Å². The Bertz CT molecular complexity index is 487. The molecule has 1 atom stereocenters. The molecule has 0 spiro atoms. The van der Waals surface area contributed by atoms with Crippen LogP contribution in [0, 0.1) is 5.41 Å². The number of carbonyl (C=O) groups excluding carboxylic acids is 1. The first-order valence-electron chi connectivity index (χ1n) is 6.61. The molecule has 0 fully saturated rings. The normalized spacial score (nSPS) is 13.6. The van der Waals surface area contributed by atoms with E-state index < -0.39 is 17.4 Å². The van der Waals surface area contributed by atoms with Crippen molar-refractivity contribution in [2.45, 2.75) is 33.1 Å². The number of hydrogen-bond donors (Lipinski definition) is 1. The van der Waals surface area contributed by atoms with E-state index in [-0.39, 0.29) is 19.4 Å². The molecule has 0 saturated heterocycles. The maximum absolute atomic E-state index is 12.2. The van der Waals surface area contributed by atoms with Gasteiger partial charge < -0.3 is 9.84 Å². The molecule has 0 amide bonds. The Morgan fingerprint density at radius 3 is 2.55 bits per heavy atom.